The number of carbonyl (C=O) groups excluding carboxylic acids is 1. The Morgan fingerprint density at radius 1 is 1.43 bits per heavy atom. The fourth-order valence-corrected chi connectivity index (χ4v) is 3.53. The van der Waals surface area contributed by atoms with E-state index in [0.717, 1.165) is 5.69 Å². The summed E-state index contributed by atoms with van der Waals surface area (Å²) in [6.45, 7) is 3.61. The van der Waals surface area contributed by atoms with Crippen molar-refractivity contribution in [2.45, 2.75) is 13.8 Å². The first-order valence-corrected chi connectivity index (χ1v) is 7.37. The molecule has 2 aromatic heterocycles. The molecule has 3 rings (SSSR count). The van der Waals surface area contributed by atoms with Gasteiger partial charge in [-0.3, -0.25) is 9.89 Å². The lowest BCUT2D eigenvalue weighted by atomic mass is 10.2. The first kappa shape index (κ1) is 14.0. The first-order chi connectivity index (χ1) is 9.97. The molecule has 0 saturated carbocycles. The molecule has 0 bridgehead atoms. The van der Waals surface area contributed by atoms with Gasteiger partial charge in [0.25, 0.3) is 5.91 Å². The van der Waals surface area contributed by atoms with Gasteiger partial charge in [0.1, 0.15) is 10.7 Å². The lowest BCUT2D eigenvalue weighted by Crippen LogP contribution is -2.11. The predicted octanol–water partition coefficient (Wildman–Crippen LogP) is 4.29. The Labute approximate surface area is 128 Å². The van der Waals surface area contributed by atoms with Gasteiger partial charge in [0.15, 0.2) is 0 Å². The maximum absolute atomic E-state index is 13.2. The highest BCUT2D eigenvalue weighted by atomic mass is 35.5. The van der Waals surface area contributed by atoms with Crippen molar-refractivity contribution in [3.8, 4) is 0 Å². The van der Waals surface area contributed by atoms with E-state index in [4.69, 9.17) is 11.6 Å². The van der Waals surface area contributed by atoms with Crippen molar-refractivity contribution in [3.63, 3.8) is 0 Å². The van der Waals surface area contributed by atoms with Crippen LogP contribution in [0, 0.1) is 19.7 Å². The van der Waals surface area contributed by atoms with Crippen LogP contribution in [0.3, 0.4) is 0 Å². The van der Waals surface area contributed by atoms with Gasteiger partial charge in [-0.1, -0.05) is 11.6 Å². The molecule has 0 unspecified atom stereocenters. The molecule has 1 amide bonds. The Kier molecular flexibility index (Phi) is 3.43. The molecule has 7 heteroatoms. The number of halogens is 2. The number of carbonyl (C=O) groups is 1. The third-order valence-corrected chi connectivity index (χ3v) is 4.82. The monoisotopic (exact) mass is 323 g/mol. The topological polar surface area (TPSA) is 57.8 Å². The second-order valence-corrected chi connectivity index (χ2v) is 6.08. The van der Waals surface area contributed by atoms with Gasteiger partial charge in [-0.05, 0) is 32.0 Å². The second kappa shape index (κ2) is 5.13. The third kappa shape index (κ3) is 2.41. The molecule has 0 spiro atoms. The van der Waals surface area contributed by atoms with E-state index in [2.05, 4.69) is 15.5 Å². The van der Waals surface area contributed by atoms with Gasteiger partial charge >= 0.3 is 0 Å². The third-order valence-electron chi connectivity index (χ3n) is 3.16. The summed E-state index contributed by atoms with van der Waals surface area (Å²) in [4.78, 5) is 12.7. The van der Waals surface area contributed by atoms with Crippen LogP contribution < -0.4 is 5.32 Å². The van der Waals surface area contributed by atoms with Gasteiger partial charge in [-0.2, -0.15) is 5.10 Å². The van der Waals surface area contributed by atoms with Crippen LogP contribution in [-0.2, 0) is 0 Å². The Morgan fingerprint density at radius 2 is 2.19 bits per heavy atom. The number of hydrogen-bond acceptors (Lipinski definition) is 3. The van der Waals surface area contributed by atoms with Crippen molar-refractivity contribution in [3.05, 3.63) is 45.3 Å². The van der Waals surface area contributed by atoms with E-state index in [9.17, 15) is 9.18 Å². The van der Waals surface area contributed by atoms with E-state index >= 15 is 0 Å². The van der Waals surface area contributed by atoms with E-state index < -0.39 is 0 Å². The molecule has 0 aliphatic rings. The number of anilines is 1. The molecule has 21 heavy (non-hydrogen) atoms. The highest BCUT2D eigenvalue weighted by molar-refractivity contribution is 7.21. The number of hydrogen-bond donors (Lipinski definition) is 2. The Morgan fingerprint density at radius 3 is 2.86 bits per heavy atom. The van der Waals surface area contributed by atoms with Crippen LogP contribution in [-0.4, -0.2) is 16.1 Å². The largest absolute Gasteiger partial charge is 0.318 e. The number of rotatable bonds is 2. The molecule has 2 N–H and O–H groups in total. The molecular weight excluding hydrogens is 313 g/mol. The summed E-state index contributed by atoms with van der Waals surface area (Å²) in [5, 5.41) is 10.6. The number of thiophene rings is 1. The van der Waals surface area contributed by atoms with E-state index in [-0.39, 0.29) is 11.7 Å². The number of nitrogens with zero attached hydrogens (tertiary/aromatic N) is 1. The molecular formula is C14H11ClFN3OS. The maximum atomic E-state index is 13.2. The lowest BCUT2D eigenvalue weighted by Gasteiger charge is -2.03. The SMILES string of the molecule is Cc1n[nH]c(C)c1NC(=O)c1sc2cc(F)ccc2c1Cl. The number of aromatic amines is 1. The molecule has 0 radical (unpaired) electrons. The second-order valence-electron chi connectivity index (χ2n) is 4.65. The molecule has 3 aromatic rings. The summed E-state index contributed by atoms with van der Waals surface area (Å²) < 4.78 is 13.9. The number of fused-ring (bicyclic) bond motifs is 1. The van der Waals surface area contributed by atoms with Gasteiger partial charge in [0, 0.05) is 10.1 Å². The van der Waals surface area contributed by atoms with Crippen LogP contribution in [0.1, 0.15) is 21.1 Å². The zero-order chi connectivity index (χ0) is 15.1. The molecule has 0 atom stereocenters. The van der Waals surface area contributed by atoms with Crippen LogP contribution in [0.25, 0.3) is 10.1 Å². The van der Waals surface area contributed by atoms with Crippen molar-refractivity contribution in [1.29, 1.82) is 0 Å². The van der Waals surface area contributed by atoms with E-state index in [1.165, 1.54) is 23.5 Å². The van der Waals surface area contributed by atoms with E-state index in [1.54, 1.807) is 13.0 Å². The average Bonchev–Trinajstić information content (AvgIpc) is 2.93. The number of aromatic nitrogens is 2. The summed E-state index contributed by atoms with van der Waals surface area (Å²) in [6, 6.07) is 4.28. The summed E-state index contributed by atoms with van der Waals surface area (Å²) in [5.74, 6) is -0.678. The standard InChI is InChI=1S/C14H11ClFN3OS/c1-6-12(7(2)19-18-6)17-14(20)13-11(15)9-4-3-8(16)5-10(9)21-13/h3-5H,1-2H3,(H,17,20)(H,18,19). The summed E-state index contributed by atoms with van der Waals surface area (Å²) in [5.41, 5.74) is 2.10. The Balaban J connectivity index is 2.00. The van der Waals surface area contributed by atoms with Gasteiger partial charge < -0.3 is 5.32 Å². The summed E-state index contributed by atoms with van der Waals surface area (Å²) >= 11 is 7.39. The van der Waals surface area contributed by atoms with Crippen LogP contribution in [0.2, 0.25) is 5.02 Å². The molecule has 4 nitrogen and oxygen atoms in total. The van der Waals surface area contributed by atoms with Gasteiger partial charge in [0.05, 0.1) is 22.1 Å². The van der Waals surface area contributed by atoms with Gasteiger partial charge in [0.2, 0.25) is 0 Å². The molecule has 0 saturated heterocycles. The van der Waals surface area contributed by atoms with E-state index in [0.29, 0.717) is 31.4 Å². The van der Waals surface area contributed by atoms with Crippen molar-refractivity contribution < 1.29 is 9.18 Å². The highest BCUT2D eigenvalue weighted by Gasteiger charge is 2.19. The predicted molar refractivity (Wildman–Crippen MR) is 82.8 cm³/mol. The number of benzene rings is 1. The van der Waals surface area contributed by atoms with Gasteiger partial charge in [-0.25, -0.2) is 4.39 Å². The minimum Gasteiger partial charge on any atom is -0.318 e. The lowest BCUT2D eigenvalue weighted by molar-refractivity contribution is 0.103. The van der Waals surface area contributed by atoms with Crippen molar-refractivity contribution in [2.75, 3.05) is 5.32 Å². The number of amides is 1. The number of aryl methyl sites for hydroxylation is 2. The molecule has 0 aliphatic carbocycles. The highest BCUT2D eigenvalue weighted by Crippen LogP contribution is 2.36. The molecule has 2 heterocycles. The minimum atomic E-state index is -0.353. The quantitative estimate of drug-likeness (QED) is 0.739. The number of nitrogens with one attached hydrogen (secondary N) is 2. The van der Waals surface area contributed by atoms with E-state index in [1.807, 2.05) is 6.92 Å². The molecule has 0 fully saturated rings. The Bertz CT molecular complexity index is 836. The maximum Gasteiger partial charge on any atom is 0.267 e. The zero-order valence-corrected chi connectivity index (χ0v) is 12.8. The zero-order valence-electron chi connectivity index (χ0n) is 11.3. The number of H-pyrrole nitrogens is 1. The van der Waals surface area contributed by atoms with Crippen LogP contribution in [0.4, 0.5) is 10.1 Å². The fourth-order valence-electron chi connectivity index (χ4n) is 2.09. The molecule has 0 aliphatic heterocycles. The fraction of sp³-hybridized carbons (Fsp3) is 0.143. The normalized spacial score (nSPS) is 11.0. The smallest absolute Gasteiger partial charge is 0.267 e. The van der Waals surface area contributed by atoms with Crippen LogP contribution in [0.15, 0.2) is 18.2 Å². The summed E-state index contributed by atoms with van der Waals surface area (Å²) in [7, 11) is 0. The Hall–Kier alpha value is -1.92. The first-order valence-electron chi connectivity index (χ1n) is 6.18. The van der Waals surface area contributed by atoms with Crippen molar-refractivity contribution in [2.24, 2.45) is 0 Å². The van der Waals surface area contributed by atoms with Crippen LogP contribution in [0.5, 0.6) is 0 Å². The minimum absolute atomic E-state index is 0.325. The molecule has 1 aromatic carbocycles. The summed E-state index contributed by atoms with van der Waals surface area (Å²) in [6.07, 6.45) is 0. The van der Waals surface area contributed by atoms with Crippen molar-refractivity contribution in [1.82, 2.24) is 10.2 Å². The molecule has 108 valence electrons. The average molecular weight is 324 g/mol. The van der Waals surface area contributed by atoms with Crippen molar-refractivity contribution >= 4 is 44.6 Å². The van der Waals surface area contributed by atoms with Crippen LogP contribution >= 0.6 is 22.9 Å². The van der Waals surface area contributed by atoms with Gasteiger partial charge in [-0.15, -0.1) is 11.3 Å².